The first-order valence-corrected chi connectivity index (χ1v) is 4.10. The van der Waals surface area contributed by atoms with Crippen LogP contribution in [0.2, 0.25) is 0 Å². The molecule has 1 rings (SSSR count). The van der Waals surface area contributed by atoms with Crippen LogP contribution in [0.3, 0.4) is 0 Å². The summed E-state index contributed by atoms with van der Waals surface area (Å²) in [6.45, 7) is 1.35. The van der Waals surface area contributed by atoms with Gasteiger partial charge in [0.05, 0.1) is 5.56 Å². The van der Waals surface area contributed by atoms with Crippen LogP contribution in [0.25, 0.3) is 0 Å². The van der Waals surface area contributed by atoms with Crippen LogP contribution in [0.15, 0.2) is 12.1 Å². The first kappa shape index (κ1) is 10.6. The molecule has 1 aromatic carbocycles. The Morgan fingerprint density at radius 3 is 2.57 bits per heavy atom. The summed E-state index contributed by atoms with van der Waals surface area (Å²) in [5.74, 6) is -2.05. The van der Waals surface area contributed by atoms with E-state index >= 15 is 0 Å². The summed E-state index contributed by atoms with van der Waals surface area (Å²) in [7, 11) is 0. The van der Waals surface area contributed by atoms with Gasteiger partial charge in [0.2, 0.25) is 0 Å². The van der Waals surface area contributed by atoms with E-state index in [1.807, 2.05) is 0 Å². The molecule has 0 spiro atoms. The summed E-state index contributed by atoms with van der Waals surface area (Å²) in [5, 5.41) is 17.3. The van der Waals surface area contributed by atoms with Gasteiger partial charge < -0.3 is 5.11 Å². The van der Waals surface area contributed by atoms with Gasteiger partial charge in [0.15, 0.2) is 0 Å². The van der Waals surface area contributed by atoms with Crippen LogP contribution in [0.5, 0.6) is 0 Å². The molecule has 0 aromatic heterocycles. The van der Waals surface area contributed by atoms with Crippen LogP contribution >= 0.6 is 0 Å². The third-order valence-electron chi connectivity index (χ3n) is 2.01. The Balaban J connectivity index is 3.26. The van der Waals surface area contributed by atoms with Crippen LogP contribution in [0.1, 0.15) is 24.0 Å². The Labute approximate surface area is 80.4 Å². The van der Waals surface area contributed by atoms with E-state index in [1.165, 1.54) is 0 Å². The van der Waals surface area contributed by atoms with Crippen molar-refractivity contribution in [2.45, 2.75) is 12.8 Å². The molecule has 0 fully saturated rings. The number of hydrogen-bond donors (Lipinski definition) is 1. The molecule has 1 aromatic rings. The van der Waals surface area contributed by atoms with Crippen LogP contribution < -0.4 is 0 Å². The first-order valence-electron chi connectivity index (χ1n) is 4.10. The van der Waals surface area contributed by atoms with Gasteiger partial charge in [-0.15, -0.1) is 0 Å². The lowest BCUT2D eigenvalue weighted by molar-refractivity contribution is 0.270. The van der Waals surface area contributed by atoms with Gasteiger partial charge in [-0.25, -0.2) is 8.78 Å². The zero-order valence-corrected chi connectivity index (χ0v) is 7.59. The van der Waals surface area contributed by atoms with Gasteiger partial charge in [-0.05, 0) is 11.6 Å². The van der Waals surface area contributed by atoms with Crippen molar-refractivity contribution in [1.29, 1.82) is 5.26 Å². The molecule has 1 atom stereocenters. The summed E-state index contributed by atoms with van der Waals surface area (Å²) in [4.78, 5) is 0. The fourth-order valence-corrected chi connectivity index (χ4v) is 1.13. The van der Waals surface area contributed by atoms with E-state index in [1.54, 1.807) is 13.0 Å². The zero-order chi connectivity index (χ0) is 10.7. The molecule has 0 amide bonds. The van der Waals surface area contributed by atoms with Crippen molar-refractivity contribution in [3.63, 3.8) is 0 Å². The van der Waals surface area contributed by atoms with Gasteiger partial charge in [-0.3, -0.25) is 0 Å². The Bertz CT molecular complexity index is 384. The van der Waals surface area contributed by atoms with E-state index in [0.717, 1.165) is 6.07 Å². The summed E-state index contributed by atoms with van der Waals surface area (Å²) in [6.07, 6.45) is 0. The van der Waals surface area contributed by atoms with E-state index in [2.05, 4.69) is 0 Å². The third-order valence-corrected chi connectivity index (χ3v) is 2.01. The number of hydrogen-bond acceptors (Lipinski definition) is 2. The fraction of sp³-hybridized carbons (Fsp3) is 0.300. The summed E-state index contributed by atoms with van der Waals surface area (Å²) < 4.78 is 26.0. The Morgan fingerprint density at radius 1 is 1.43 bits per heavy atom. The molecular formula is C10H9F2NO. The average molecular weight is 197 g/mol. The van der Waals surface area contributed by atoms with Crippen LogP contribution in [0, 0.1) is 23.0 Å². The molecule has 0 aliphatic heterocycles. The number of aliphatic hydroxyl groups is 1. The topological polar surface area (TPSA) is 44.0 Å². The molecule has 0 aliphatic rings. The second-order valence-electron chi connectivity index (χ2n) is 3.05. The van der Waals surface area contributed by atoms with Crippen molar-refractivity contribution >= 4 is 0 Å². The average Bonchev–Trinajstić information content (AvgIpc) is 2.17. The molecule has 0 aliphatic carbocycles. The smallest absolute Gasteiger partial charge is 0.143 e. The van der Waals surface area contributed by atoms with Crippen molar-refractivity contribution in [2.75, 3.05) is 6.61 Å². The maximum absolute atomic E-state index is 13.1. The predicted molar refractivity (Wildman–Crippen MR) is 46.6 cm³/mol. The number of nitriles is 1. The molecule has 0 radical (unpaired) electrons. The highest BCUT2D eigenvalue weighted by molar-refractivity contribution is 5.36. The maximum atomic E-state index is 13.1. The van der Waals surface area contributed by atoms with E-state index < -0.39 is 17.6 Å². The van der Waals surface area contributed by atoms with Crippen LogP contribution in [-0.4, -0.2) is 11.7 Å². The minimum Gasteiger partial charge on any atom is -0.396 e. The summed E-state index contributed by atoms with van der Waals surface area (Å²) >= 11 is 0. The molecule has 0 saturated heterocycles. The molecular weight excluding hydrogens is 188 g/mol. The predicted octanol–water partition coefficient (Wildman–Crippen LogP) is 1.93. The van der Waals surface area contributed by atoms with Gasteiger partial charge in [-0.2, -0.15) is 5.26 Å². The number of rotatable bonds is 2. The van der Waals surface area contributed by atoms with E-state index in [9.17, 15) is 8.78 Å². The molecule has 74 valence electrons. The van der Waals surface area contributed by atoms with Crippen molar-refractivity contribution in [3.8, 4) is 6.07 Å². The van der Waals surface area contributed by atoms with E-state index in [0.29, 0.717) is 6.07 Å². The van der Waals surface area contributed by atoms with E-state index in [-0.39, 0.29) is 17.7 Å². The van der Waals surface area contributed by atoms with Gasteiger partial charge in [0, 0.05) is 18.6 Å². The van der Waals surface area contributed by atoms with Gasteiger partial charge in [0.25, 0.3) is 0 Å². The number of halogens is 2. The lowest BCUT2D eigenvalue weighted by Gasteiger charge is -2.09. The quantitative estimate of drug-likeness (QED) is 0.787. The van der Waals surface area contributed by atoms with E-state index in [4.69, 9.17) is 10.4 Å². The first-order chi connectivity index (χ1) is 6.60. The van der Waals surface area contributed by atoms with Gasteiger partial charge >= 0.3 is 0 Å². The lowest BCUT2D eigenvalue weighted by atomic mass is 9.99. The SMILES string of the molecule is CC(CO)c1cc(C#N)c(F)cc1F. The highest BCUT2D eigenvalue weighted by Crippen LogP contribution is 2.21. The minimum atomic E-state index is -0.876. The summed E-state index contributed by atoms with van der Waals surface area (Å²) in [5.41, 5.74) is -0.0489. The lowest BCUT2D eigenvalue weighted by Crippen LogP contribution is -2.03. The fourth-order valence-electron chi connectivity index (χ4n) is 1.13. The highest BCUT2D eigenvalue weighted by atomic mass is 19.1. The second-order valence-corrected chi connectivity index (χ2v) is 3.05. The van der Waals surface area contributed by atoms with Gasteiger partial charge in [-0.1, -0.05) is 6.92 Å². The Hall–Kier alpha value is -1.47. The van der Waals surface area contributed by atoms with Crippen molar-refractivity contribution < 1.29 is 13.9 Å². The molecule has 1 N–H and O–H groups in total. The van der Waals surface area contributed by atoms with Crippen molar-refractivity contribution in [2.24, 2.45) is 0 Å². The molecule has 0 heterocycles. The minimum absolute atomic E-state index is 0.158. The standard InChI is InChI=1S/C10H9F2NO/c1-6(5-14)8-2-7(4-13)9(11)3-10(8)12/h2-3,6,14H,5H2,1H3. The molecule has 1 unspecified atom stereocenters. The Morgan fingerprint density at radius 2 is 2.07 bits per heavy atom. The zero-order valence-electron chi connectivity index (χ0n) is 7.59. The summed E-state index contributed by atoms with van der Waals surface area (Å²) in [6, 6.07) is 3.42. The highest BCUT2D eigenvalue weighted by Gasteiger charge is 2.14. The monoisotopic (exact) mass is 197 g/mol. The molecule has 0 saturated carbocycles. The molecule has 0 bridgehead atoms. The van der Waals surface area contributed by atoms with Crippen molar-refractivity contribution in [1.82, 2.24) is 0 Å². The number of benzene rings is 1. The molecule has 4 heteroatoms. The van der Waals surface area contributed by atoms with Crippen LogP contribution in [0.4, 0.5) is 8.78 Å². The van der Waals surface area contributed by atoms with Crippen LogP contribution in [-0.2, 0) is 0 Å². The normalized spacial score (nSPS) is 12.2. The molecule has 2 nitrogen and oxygen atoms in total. The second kappa shape index (κ2) is 4.16. The third kappa shape index (κ3) is 1.88. The largest absolute Gasteiger partial charge is 0.396 e. The molecule has 14 heavy (non-hydrogen) atoms. The number of nitrogens with zero attached hydrogens (tertiary/aromatic N) is 1. The van der Waals surface area contributed by atoms with Gasteiger partial charge in [0.1, 0.15) is 17.7 Å². The Kier molecular flexibility index (Phi) is 3.15. The maximum Gasteiger partial charge on any atom is 0.143 e. The number of aliphatic hydroxyl groups excluding tert-OH is 1. The van der Waals surface area contributed by atoms with Crippen molar-refractivity contribution in [3.05, 3.63) is 34.9 Å².